The molecule has 0 fully saturated rings. The van der Waals surface area contributed by atoms with E-state index in [9.17, 15) is 5.11 Å². The molecule has 1 aromatic rings. The van der Waals surface area contributed by atoms with Crippen molar-refractivity contribution in [3.05, 3.63) is 23.8 Å². The number of benzene rings is 1. The summed E-state index contributed by atoms with van der Waals surface area (Å²) >= 11 is 0. The van der Waals surface area contributed by atoms with Crippen LogP contribution in [0.25, 0.3) is 0 Å². The van der Waals surface area contributed by atoms with Crippen LogP contribution >= 0.6 is 0 Å². The molecular formula is C16H27NO3. The molecular weight excluding hydrogens is 254 g/mol. The zero-order valence-corrected chi connectivity index (χ0v) is 13.0. The second-order valence-corrected chi connectivity index (χ2v) is 5.05. The second-order valence-electron chi connectivity index (χ2n) is 5.05. The van der Waals surface area contributed by atoms with E-state index in [2.05, 4.69) is 12.2 Å². The van der Waals surface area contributed by atoms with Crippen LogP contribution in [0.4, 0.5) is 0 Å². The number of nitrogens with one attached hydrogen (secondary N) is 1. The van der Waals surface area contributed by atoms with Gasteiger partial charge in [-0.3, -0.25) is 0 Å². The van der Waals surface area contributed by atoms with E-state index >= 15 is 0 Å². The Bertz CT molecular complexity index is 389. The summed E-state index contributed by atoms with van der Waals surface area (Å²) in [5.41, 5.74) is 1.12. The maximum absolute atomic E-state index is 9.18. The molecule has 4 nitrogen and oxygen atoms in total. The minimum atomic E-state index is 0.122. The van der Waals surface area contributed by atoms with Crippen molar-refractivity contribution in [3.63, 3.8) is 0 Å². The van der Waals surface area contributed by atoms with Crippen molar-refractivity contribution < 1.29 is 14.6 Å². The summed E-state index contributed by atoms with van der Waals surface area (Å²) in [6, 6.07) is 6.11. The van der Waals surface area contributed by atoms with Crippen LogP contribution in [0.2, 0.25) is 0 Å². The fourth-order valence-corrected chi connectivity index (χ4v) is 1.88. The van der Waals surface area contributed by atoms with Gasteiger partial charge in [-0.2, -0.15) is 0 Å². The van der Waals surface area contributed by atoms with Crippen molar-refractivity contribution in [2.75, 3.05) is 13.2 Å². The molecule has 20 heavy (non-hydrogen) atoms. The Kier molecular flexibility index (Phi) is 7.41. The van der Waals surface area contributed by atoms with Crippen molar-refractivity contribution in [2.24, 2.45) is 0 Å². The van der Waals surface area contributed by atoms with E-state index in [0.29, 0.717) is 13.2 Å². The topological polar surface area (TPSA) is 50.7 Å². The third kappa shape index (κ3) is 5.39. The van der Waals surface area contributed by atoms with Crippen LogP contribution < -0.4 is 14.8 Å². The summed E-state index contributed by atoms with van der Waals surface area (Å²) in [6.07, 6.45) is 1.03. The van der Waals surface area contributed by atoms with Gasteiger partial charge in [0.2, 0.25) is 0 Å². The molecule has 1 unspecified atom stereocenters. The molecule has 1 rings (SSSR count). The van der Waals surface area contributed by atoms with Gasteiger partial charge in [0, 0.05) is 12.6 Å². The molecule has 0 aliphatic rings. The average molecular weight is 281 g/mol. The zero-order valence-electron chi connectivity index (χ0n) is 13.0. The maximum Gasteiger partial charge on any atom is 0.161 e. The zero-order chi connectivity index (χ0) is 15.0. The Morgan fingerprint density at radius 2 is 1.95 bits per heavy atom. The third-order valence-electron chi connectivity index (χ3n) is 2.98. The van der Waals surface area contributed by atoms with Gasteiger partial charge >= 0.3 is 0 Å². The van der Waals surface area contributed by atoms with Gasteiger partial charge in [0.05, 0.1) is 19.3 Å². The van der Waals surface area contributed by atoms with E-state index in [1.807, 2.05) is 39.0 Å². The summed E-state index contributed by atoms with van der Waals surface area (Å²) in [6.45, 7) is 9.49. The van der Waals surface area contributed by atoms with Crippen molar-refractivity contribution >= 4 is 0 Å². The highest BCUT2D eigenvalue weighted by Crippen LogP contribution is 2.29. The quantitative estimate of drug-likeness (QED) is 0.731. The number of rotatable bonds is 9. The predicted octanol–water partition coefficient (Wildman–Crippen LogP) is 2.73. The maximum atomic E-state index is 9.18. The lowest BCUT2D eigenvalue weighted by atomic mass is 10.1. The smallest absolute Gasteiger partial charge is 0.161 e. The van der Waals surface area contributed by atoms with E-state index in [1.54, 1.807) is 0 Å². The van der Waals surface area contributed by atoms with Gasteiger partial charge in [0.25, 0.3) is 0 Å². The highest BCUT2D eigenvalue weighted by Gasteiger charge is 2.09. The minimum absolute atomic E-state index is 0.122. The molecule has 1 aromatic carbocycles. The lowest BCUT2D eigenvalue weighted by Gasteiger charge is -2.17. The van der Waals surface area contributed by atoms with Crippen LogP contribution in [-0.4, -0.2) is 30.5 Å². The predicted molar refractivity (Wildman–Crippen MR) is 81.4 cm³/mol. The van der Waals surface area contributed by atoms with E-state index in [4.69, 9.17) is 9.47 Å². The first kappa shape index (κ1) is 16.8. The Balaban J connectivity index is 2.75. The molecule has 4 heteroatoms. The van der Waals surface area contributed by atoms with Crippen LogP contribution in [0.1, 0.15) is 39.7 Å². The lowest BCUT2D eigenvalue weighted by molar-refractivity contribution is 0.223. The molecule has 0 aliphatic heterocycles. The second kappa shape index (κ2) is 8.82. The Morgan fingerprint density at radius 3 is 2.50 bits per heavy atom. The van der Waals surface area contributed by atoms with Crippen LogP contribution in [0.5, 0.6) is 11.5 Å². The standard InChI is InChI=1S/C16H27NO3/c1-5-14(11-18)17-10-13-7-8-15(20-12(3)4)16(9-13)19-6-2/h7-9,12,14,17-18H,5-6,10-11H2,1-4H3. The van der Waals surface area contributed by atoms with Crippen LogP contribution in [0.15, 0.2) is 18.2 Å². The Labute approximate surface area is 122 Å². The summed E-state index contributed by atoms with van der Waals surface area (Å²) in [5, 5.41) is 12.5. The van der Waals surface area contributed by atoms with Crippen molar-refractivity contribution in [2.45, 2.75) is 52.8 Å². The molecule has 0 radical (unpaired) electrons. The van der Waals surface area contributed by atoms with E-state index < -0.39 is 0 Å². The van der Waals surface area contributed by atoms with Crippen LogP contribution in [0.3, 0.4) is 0 Å². The minimum Gasteiger partial charge on any atom is -0.490 e. The molecule has 1 atom stereocenters. The molecule has 0 saturated heterocycles. The van der Waals surface area contributed by atoms with E-state index in [-0.39, 0.29) is 18.8 Å². The largest absolute Gasteiger partial charge is 0.490 e. The van der Waals surface area contributed by atoms with Gasteiger partial charge in [-0.1, -0.05) is 13.0 Å². The summed E-state index contributed by atoms with van der Waals surface area (Å²) in [5.74, 6) is 1.55. The Morgan fingerprint density at radius 1 is 1.20 bits per heavy atom. The highest BCUT2D eigenvalue weighted by molar-refractivity contribution is 5.43. The number of hydrogen-bond donors (Lipinski definition) is 2. The first-order valence-electron chi connectivity index (χ1n) is 7.37. The molecule has 0 spiro atoms. The number of ether oxygens (including phenoxy) is 2. The molecule has 114 valence electrons. The van der Waals surface area contributed by atoms with Crippen LogP contribution in [0, 0.1) is 0 Å². The SMILES string of the molecule is CCOc1cc(CNC(CC)CO)ccc1OC(C)C. The molecule has 0 amide bonds. The molecule has 0 bridgehead atoms. The molecule has 0 aliphatic carbocycles. The highest BCUT2D eigenvalue weighted by atomic mass is 16.5. The number of aliphatic hydroxyl groups excluding tert-OH is 1. The first-order valence-corrected chi connectivity index (χ1v) is 7.37. The van der Waals surface area contributed by atoms with Crippen LogP contribution in [-0.2, 0) is 6.54 Å². The van der Waals surface area contributed by atoms with Gasteiger partial charge in [-0.15, -0.1) is 0 Å². The Hall–Kier alpha value is -1.26. The van der Waals surface area contributed by atoms with E-state index in [1.165, 1.54) is 0 Å². The van der Waals surface area contributed by atoms with Gasteiger partial charge in [-0.25, -0.2) is 0 Å². The normalized spacial score (nSPS) is 12.5. The summed E-state index contributed by atoms with van der Waals surface area (Å²) in [7, 11) is 0. The fourth-order valence-electron chi connectivity index (χ4n) is 1.88. The summed E-state index contributed by atoms with van der Waals surface area (Å²) < 4.78 is 11.4. The van der Waals surface area contributed by atoms with Gasteiger partial charge in [-0.05, 0) is 44.9 Å². The molecule has 0 saturated carbocycles. The van der Waals surface area contributed by atoms with Gasteiger partial charge in [0.15, 0.2) is 11.5 Å². The summed E-state index contributed by atoms with van der Waals surface area (Å²) in [4.78, 5) is 0. The number of hydrogen-bond acceptors (Lipinski definition) is 4. The van der Waals surface area contributed by atoms with Crippen molar-refractivity contribution in [1.82, 2.24) is 5.32 Å². The average Bonchev–Trinajstić information content (AvgIpc) is 2.42. The van der Waals surface area contributed by atoms with E-state index in [0.717, 1.165) is 23.5 Å². The van der Waals surface area contributed by atoms with Crippen molar-refractivity contribution in [3.8, 4) is 11.5 Å². The lowest BCUT2D eigenvalue weighted by Crippen LogP contribution is -2.31. The van der Waals surface area contributed by atoms with Gasteiger partial charge in [0.1, 0.15) is 0 Å². The van der Waals surface area contributed by atoms with Gasteiger partial charge < -0.3 is 19.9 Å². The molecule has 0 heterocycles. The molecule has 0 aromatic heterocycles. The first-order chi connectivity index (χ1) is 9.60. The monoisotopic (exact) mass is 281 g/mol. The van der Waals surface area contributed by atoms with Crippen molar-refractivity contribution in [1.29, 1.82) is 0 Å². The fraction of sp³-hybridized carbons (Fsp3) is 0.625. The third-order valence-corrected chi connectivity index (χ3v) is 2.98. The molecule has 2 N–H and O–H groups in total. The number of aliphatic hydroxyl groups is 1.